The largest absolute Gasteiger partial charge is 0.494 e. The minimum absolute atomic E-state index is 0.805. The second kappa shape index (κ2) is 8.38. The molecule has 0 amide bonds. The molecular weight excluding hydrogens is 250 g/mol. The summed E-state index contributed by atoms with van der Waals surface area (Å²) >= 11 is 0. The Morgan fingerprint density at radius 1 is 1.25 bits per heavy atom. The quantitative estimate of drug-likeness (QED) is 0.714. The number of hydrogen-bond donors (Lipinski definition) is 1. The van der Waals surface area contributed by atoms with Crippen LogP contribution in [-0.2, 0) is 13.1 Å². The summed E-state index contributed by atoms with van der Waals surface area (Å²) in [4.78, 5) is 4.02. The van der Waals surface area contributed by atoms with Crippen molar-refractivity contribution in [1.29, 1.82) is 0 Å². The summed E-state index contributed by atoms with van der Waals surface area (Å²) in [6, 6.07) is 8.32. The fraction of sp³-hybridized carbons (Fsp3) is 0.438. The Hall–Kier alpha value is -1.81. The van der Waals surface area contributed by atoms with Crippen molar-refractivity contribution in [2.75, 3.05) is 13.2 Å². The van der Waals surface area contributed by atoms with Crippen molar-refractivity contribution in [2.45, 2.75) is 32.9 Å². The van der Waals surface area contributed by atoms with Crippen LogP contribution in [0, 0.1) is 0 Å². The maximum atomic E-state index is 5.65. The van der Waals surface area contributed by atoms with Crippen LogP contribution in [0.3, 0.4) is 0 Å². The highest BCUT2D eigenvalue weighted by molar-refractivity contribution is 5.27. The lowest BCUT2D eigenvalue weighted by Crippen LogP contribution is -2.18. The first-order valence-electron chi connectivity index (χ1n) is 7.26. The van der Waals surface area contributed by atoms with Gasteiger partial charge in [-0.05, 0) is 24.1 Å². The molecule has 1 heterocycles. The molecule has 0 saturated heterocycles. The van der Waals surface area contributed by atoms with Crippen molar-refractivity contribution in [3.63, 3.8) is 0 Å². The van der Waals surface area contributed by atoms with Crippen LogP contribution in [0.1, 0.15) is 25.3 Å². The number of nitrogens with one attached hydrogen (secondary N) is 1. The van der Waals surface area contributed by atoms with Gasteiger partial charge in [0, 0.05) is 32.0 Å². The smallest absolute Gasteiger partial charge is 0.119 e. The van der Waals surface area contributed by atoms with Gasteiger partial charge in [0.05, 0.1) is 12.9 Å². The van der Waals surface area contributed by atoms with Crippen LogP contribution in [0.2, 0.25) is 0 Å². The second-order valence-corrected chi connectivity index (χ2v) is 4.82. The van der Waals surface area contributed by atoms with Crippen LogP contribution >= 0.6 is 0 Å². The SMILES string of the molecule is CCCCOc1ccc(CNCCn2ccnc2)cc1. The molecule has 0 aliphatic heterocycles. The van der Waals surface area contributed by atoms with Crippen LogP contribution in [0.5, 0.6) is 5.75 Å². The highest BCUT2D eigenvalue weighted by Crippen LogP contribution is 2.12. The number of ether oxygens (including phenoxy) is 1. The molecule has 0 fully saturated rings. The first-order valence-corrected chi connectivity index (χ1v) is 7.26. The molecule has 0 atom stereocenters. The number of imidazole rings is 1. The van der Waals surface area contributed by atoms with Gasteiger partial charge < -0.3 is 14.6 Å². The minimum atomic E-state index is 0.805. The van der Waals surface area contributed by atoms with E-state index in [9.17, 15) is 0 Å². The zero-order valence-electron chi connectivity index (χ0n) is 12.1. The molecule has 0 radical (unpaired) electrons. The molecule has 2 rings (SSSR count). The molecule has 20 heavy (non-hydrogen) atoms. The summed E-state index contributed by atoms with van der Waals surface area (Å²) in [5.41, 5.74) is 1.28. The molecule has 0 saturated carbocycles. The van der Waals surface area contributed by atoms with Crippen molar-refractivity contribution >= 4 is 0 Å². The Labute approximate surface area is 120 Å². The molecule has 4 nitrogen and oxygen atoms in total. The maximum Gasteiger partial charge on any atom is 0.119 e. The Balaban J connectivity index is 1.65. The van der Waals surface area contributed by atoms with Gasteiger partial charge in [0.1, 0.15) is 5.75 Å². The van der Waals surface area contributed by atoms with E-state index in [1.165, 1.54) is 12.0 Å². The zero-order valence-corrected chi connectivity index (χ0v) is 12.1. The number of nitrogens with zero attached hydrogens (tertiary/aromatic N) is 2. The van der Waals surface area contributed by atoms with Gasteiger partial charge in [-0.3, -0.25) is 0 Å². The highest BCUT2D eigenvalue weighted by atomic mass is 16.5. The predicted molar refractivity (Wildman–Crippen MR) is 80.8 cm³/mol. The van der Waals surface area contributed by atoms with Crippen LogP contribution in [0.25, 0.3) is 0 Å². The van der Waals surface area contributed by atoms with Crippen molar-refractivity contribution in [2.24, 2.45) is 0 Å². The summed E-state index contributed by atoms with van der Waals surface area (Å²) in [5, 5.41) is 3.42. The van der Waals surface area contributed by atoms with Gasteiger partial charge in [0.15, 0.2) is 0 Å². The van der Waals surface area contributed by atoms with Crippen LogP contribution < -0.4 is 10.1 Å². The third-order valence-electron chi connectivity index (χ3n) is 3.13. The lowest BCUT2D eigenvalue weighted by atomic mass is 10.2. The van der Waals surface area contributed by atoms with Gasteiger partial charge in [-0.1, -0.05) is 25.5 Å². The number of rotatable bonds is 9. The Kier molecular flexibility index (Phi) is 6.11. The normalized spacial score (nSPS) is 10.7. The van der Waals surface area contributed by atoms with E-state index in [4.69, 9.17) is 4.74 Å². The van der Waals surface area contributed by atoms with Gasteiger partial charge in [0.2, 0.25) is 0 Å². The number of unbranched alkanes of at least 4 members (excludes halogenated alkanes) is 1. The summed E-state index contributed by atoms with van der Waals surface area (Å²) in [6.45, 7) is 5.73. The van der Waals surface area contributed by atoms with E-state index in [1.54, 1.807) is 6.20 Å². The molecule has 0 unspecified atom stereocenters. The predicted octanol–water partition coefficient (Wildman–Crippen LogP) is 2.85. The van der Waals surface area contributed by atoms with Crippen LogP contribution in [0.4, 0.5) is 0 Å². The number of benzene rings is 1. The summed E-state index contributed by atoms with van der Waals surface area (Å²) < 4.78 is 7.71. The van der Waals surface area contributed by atoms with Crippen LogP contribution in [-0.4, -0.2) is 22.7 Å². The molecule has 0 aliphatic carbocycles. The lowest BCUT2D eigenvalue weighted by Gasteiger charge is -2.08. The molecule has 0 aliphatic rings. The van der Waals surface area contributed by atoms with E-state index in [2.05, 4.69) is 33.9 Å². The topological polar surface area (TPSA) is 39.1 Å². The van der Waals surface area contributed by atoms with Gasteiger partial charge >= 0.3 is 0 Å². The molecule has 0 spiro atoms. The van der Waals surface area contributed by atoms with E-state index in [0.717, 1.165) is 38.4 Å². The van der Waals surface area contributed by atoms with Gasteiger partial charge in [-0.2, -0.15) is 0 Å². The average Bonchev–Trinajstić information content (AvgIpc) is 2.99. The van der Waals surface area contributed by atoms with Crippen LogP contribution in [0.15, 0.2) is 43.0 Å². The van der Waals surface area contributed by atoms with Gasteiger partial charge in [0.25, 0.3) is 0 Å². The summed E-state index contributed by atoms with van der Waals surface area (Å²) in [7, 11) is 0. The molecule has 4 heteroatoms. The fourth-order valence-corrected chi connectivity index (χ4v) is 1.90. The van der Waals surface area contributed by atoms with E-state index in [0.29, 0.717) is 0 Å². The third kappa shape index (κ3) is 5.05. The summed E-state index contributed by atoms with van der Waals surface area (Å²) in [5.74, 6) is 0.959. The van der Waals surface area contributed by atoms with Gasteiger partial charge in [-0.15, -0.1) is 0 Å². The standard InChI is InChI=1S/C16H23N3O/c1-2-3-12-20-16-6-4-15(5-7-16)13-17-8-10-19-11-9-18-14-19/h4-7,9,11,14,17H,2-3,8,10,12-13H2,1H3. The van der Waals surface area contributed by atoms with E-state index in [1.807, 2.05) is 24.7 Å². The Morgan fingerprint density at radius 3 is 2.80 bits per heavy atom. The third-order valence-corrected chi connectivity index (χ3v) is 3.13. The molecule has 1 aromatic carbocycles. The summed E-state index contributed by atoms with van der Waals surface area (Å²) in [6.07, 6.45) is 7.89. The number of aromatic nitrogens is 2. The minimum Gasteiger partial charge on any atom is -0.494 e. The Bertz CT molecular complexity index is 465. The number of hydrogen-bond acceptors (Lipinski definition) is 3. The monoisotopic (exact) mass is 273 g/mol. The molecule has 1 aromatic heterocycles. The molecular formula is C16H23N3O. The van der Waals surface area contributed by atoms with Crippen molar-refractivity contribution in [1.82, 2.24) is 14.9 Å². The van der Waals surface area contributed by atoms with Gasteiger partial charge in [-0.25, -0.2) is 4.98 Å². The fourth-order valence-electron chi connectivity index (χ4n) is 1.90. The molecule has 2 aromatic rings. The van der Waals surface area contributed by atoms with E-state index < -0.39 is 0 Å². The van der Waals surface area contributed by atoms with Crippen molar-refractivity contribution < 1.29 is 4.74 Å². The molecule has 108 valence electrons. The maximum absolute atomic E-state index is 5.65. The first-order chi connectivity index (χ1) is 9.88. The second-order valence-electron chi connectivity index (χ2n) is 4.82. The van der Waals surface area contributed by atoms with E-state index >= 15 is 0 Å². The van der Waals surface area contributed by atoms with Crippen molar-refractivity contribution in [3.05, 3.63) is 48.5 Å². The highest BCUT2D eigenvalue weighted by Gasteiger charge is 1.96. The Morgan fingerprint density at radius 2 is 2.10 bits per heavy atom. The zero-order chi connectivity index (χ0) is 14.0. The average molecular weight is 273 g/mol. The van der Waals surface area contributed by atoms with Crippen molar-refractivity contribution in [3.8, 4) is 5.75 Å². The molecule has 0 bridgehead atoms. The van der Waals surface area contributed by atoms with E-state index in [-0.39, 0.29) is 0 Å². The lowest BCUT2D eigenvalue weighted by molar-refractivity contribution is 0.309. The first kappa shape index (κ1) is 14.6. The molecule has 1 N–H and O–H groups in total.